The zero-order chi connectivity index (χ0) is 20.4. The second-order valence-corrected chi connectivity index (χ2v) is 6.80. The minimum Gasteiger partial charge on any atom is -0.468 e. The first-order valence-corrected chi connectivity index (χ1v) is 9.28. The number of carbonyl (C=O) groups excluding carboxylic acids is 2. The molecule has 0 heterocycles. The maximum absolute atomic E-state index is 13.2. The van der Waals surface area contributed by atoms with E-state index in [4.69, 9.17) is 9.47 Å². The van der Waals surface area contributed by atoms with Crippen LogP contribution in [0, 0.1) is 0 Å². The summed E-state index contributed by atoms with van der Waals surface area (Å²) in [5, 5.41) is 0. The molecule has 0 saturated carbocycles. The van der Waals surface area contributed by atoms with Gasteiger partial charge in [0.1, 0.15) is 5.41 Å². The molecule has 0 aliphatic heterocycles. The molecule has 0 N–H and O–H groups in total. The third kappa shape index (κ3) is 2.93. The summed E-state index contributed by atoms with van der Waals surface area (Å²) < 4.78 is 10.1. The number of rotatable bonds is 5. The lowest BCUT2D eigenvalue weighted by molar-refractivity contribution is -0.142. The van der Waals surface area contributed by atoms with Crippen LogP contribution in [0.3, 0.4) is 0 Å². The number of methoxy groups -OCH3 is 2. The molecule has 144 valence electrons. The van der Waals surface area contributed by atoms with Crippen LogP contribution < -0.4 is 0 Å². The molecule has 1 aliphatic carbocycles. The maximum atomic E-state index is 13.2. The molecule has 0 amide bonds. The minimum absolute atomic E-state index is 0.346. The van der Waals surface area contributed by atoms with Crippen molar-refractivity contribution in [2.24, 2.45) is 0 Å². The van der Waals surface area contributed by atoms with E-state index in [2.05, 4.69) is 0 Å². The standard InChI is InChI=1S/C25H20O4/c1-28-23(26)19-13-9-12-18(16-19)22-21(17-10-5-3-6-11-17)25(22,24(27)29-2)20-14-7-4-8-15-20/h3-16H,1-2H3. The predicted molar refractivity (Wildman–Crippen MR) is 111 cm³/mol. The van der Waals surface area contributed by atoms with E-state index in [1.807, 2.05) is 66.7 Å². The van der Waals surface area contributed by atoms with E-state index in [9.17, 15) is 9.59 Å². The van der Waals surface area contributed by atoms with Crippen molar-refractivity contribution in [1.29, 1.82) is 0 Å². The SMILES string of the molecule is COC(=O)c1cccc(C2=C(c3ccccc3)C2(C(=O)OC)c2ccccc2)c1. The molecule has 4 heteroatoms. The van der Waals surface area contributed by atoms with Crippen molar-refractivity contribution in [3.63, 3.8) is 0 Å². The molecule has 1 aliphatic rings. The van der Waals surface area contributed by atoms with E-state index < -0.39 is 11.4 Å². The molecule has 4 rings (SSSR count). The number of ether oxygens (including phenoxy) is 2. The van der Waals surface area contributed by atoms with Gasteiger partial charge in [-0.05, 0) is 40.0 Å². The molecule has 1 atom stereocenters. The fraction of sp³-hybridized carbons (Fsp3) is 0.120. The van der Waals surface area contributed by atoms with E-state index in [1.165, 1.54) is 14.2 Å². The molecule has 0 radical (unpaired) electrons. The zero-order valence-electron chi connectivity index (χ0n) is 16.2. The third-order valence-electron chi connectivity index (χ3n) is 5.27. The van der Waals surface area contributed by atoms with E-state index in [1.54, 1.807) is 18.2 Å². The number of benzene rings is 3. The van der Waals surface area contributed by atoms with Gasteiger partial charge in [0.25, 0.3) is 0 Å². The highest BCUT2D eigenvalue weighted by molar-refractivity contribution is 6.32. The van der Waals surface area contributed by atoms with Crippen LogP contribution in [0.5, 0.6) is 0 Å². The fourth-order valence-electron chi connectivity index (χ4n) is 3.98. The fourth-order valence-corrected chi connectivity index (χ4v) is 3.98. The summed E-state index contributed by atoms with van der Waals surface area (Å²) in [7, 11) is 2.75. The van der Waals surface area contributed by atoms with Crippen LogP contribution >= 0.6 is 0 Å². The molecule has 0 fully saturated rings. The number of carbonyl (C=O) groups is 2. The Labute approximate surface area is 169 Å². The molecule has 0 spiro atoms. The van der Waals surface area contributed by atoms with E-state index in [0.717, 1.165) is 27.8 Å². The quantitative estimate of drug-likeness (QED) is 0.608. The van der Waals surface area contributed by atoms with Gasteiger partial charge in [0.2, 0.25) is 0 Å². The molecule has 1 unspecified atom stereocenters. The van der Waals surface area contributed by atoms with Crippen LogP contribution in [0.2, 0.25) is 0 Å². The predicted octanol–water partition coefficient (Wildman–Crippen LogP) is 4.51. The highest BCUT2D eigenvalue weighted by Gasteiger charge is 2.62. The molecular formula is C25H20O4. The first-order valence-electron chi connectivity index (χ1n) is 9.28. The average Bonchev–Trinajstić information content (AvgIpc) is 3.50. The van der Waals surface area contributed by atoms with Crippen LogP contribution in [0.4, 0.5) is 0 Å². The normalized spacial score (nSPS) is 17.6. The van der Waals surface area contributed by atoms with Gasteiger partial charge in [-0.15, -0.1) is 0 Å². The Morgan fingerprint density at radius 1 is 0.690 bits per heavy atom. The van der Waals surface area contributed by atoms with Gasteiger partial charge in [-0.2, -0.15) is 0 Å². The Bertz CT molecular complexity index is 1100. The van der Waals surface area contributed by atoms with Crippen LogP contribution in [0.15, 0.2) is 84.9 Å². The van der Waals surface area contributed by atoms with Gasteiger partial charge in [0, 0.05) is 0 Å². The molecular weight excluding hydrogens is 364 g/mol. The van der Waals surface area contributed by atoms with Crippen LogP contribution in [-0.4, -0.2) is 26.2 Å². The van der Waals surface area contributed by atoms with Crippen LogP contribution in [0.25, 0.3) is 11.1 Å². The third-order valence-corrected chi connectivity index (χ3v) is 5.27. The monoisotopic (exact) mass is 384 g/mol. The van der Waals surface area contributed by atoms with Gasteiger partial charge in [-0.3, -0.25) is 4.79 Å². The van der Waals surface area contributed by atoms with Gasteiger partial charge in [0.05, 0.1) is 19.8 Å². The summed E-state index contributed by atoms with van der Waals surface area (Å²) >= 11 is 0. The van der Waals surface area contributed by atoms with E-state index >= 15 is 0 Å². The topological polar surface area (TPSA) is 52.6 Å². The second kappa shape index (κ2) is 7.40. The van der Waals surface area contributed by atoms with Crippen LogP contribution in [0.1, 0.15) is 27.0 Å². The summed E-state index contributed by atoms with van der Waals surface area (Å²) in [4.78, 5) is 25.2. The largest absolute Gasteiger partial charge is 0.468 e. The number of esters is 2. The Balaban J connectivity index is 1.95. The van der Waals surface area contributed by atoms with Gasteiger partial charge in [-0.1, -0.05) is 72.8 Å². The molecule has 0 bridgehead atoms. The Morgan fingerprint density at radius 3 is 1.90 bits per heavy atom. The highest BCUT2D eigenvalue weighted by atomic mass is 16.5. The van der Waals surface area contributed by atoms with Gasteiger partial charge in [0.15, 0.2) is 0 Å². The van der Waals surface area contributed by atoms with Gasteiger partial charge < -0.3 is 9.47 Å². The molecule has 29 heavy (non-hydrogen) atoms. The van der Waals surface area contributed by atoms with Crippen molar-refractivity contribution >= 4 is 23.1 Å². The lowest BCUT2D eigenvalue weighted by Gasteiger charge is -2.19. The van der Waals surface area contributed by atoms with Crippen molar-refractivity contribution in [2.75, 3.05) is 14.2 Å². The molecule has 3 aromatic rings. The van der Waals surface area contributed by atoms with Gasteiger partial charge >= 0.3 is 11.9 Å². The molecule has 3 aromatic carbocycles. The highest BCUT2D eigenvalue weighted by Crippen LogP contribution is 2.65. The molecule has 0 saturated heterocycles. The summed E-state index contributed by atoms with van der Waals surface area (Å²) in [6, 6.07) is 26.5. The molecule has 0 aromatic heterocycles. The van der Waals surface area contributed by atoms with E-state index in [-0.39, 0.29) is 5.97 Å². The smallest absolute Gasteiger partial charge is 0.337 e. The summed E-state index contributed by atoms with van der Waals surface area (Å²) in [6.07, 6.45) is 0. The van der Waals surface area contributed by atoms with Crippen molar-refractivity contribution in [3.05, 3.63) is 107 Å². The Kier molecular flexibility index (Phi) is 4.77. The number of hydrogen-bond acceptors (Lipinski definition) is 4. The second-order valence-electron chi connectivity index (χ2n) is 6.80. The Morgan fingerprint density at radius 2 is 1.28 bits per heavy atom. The van der Waals surface area contributed by atoms with Crippen molar-refractivity contribution in [1.82, 2.24) is 0 Å². The lowest BCUT2D eigenvalue weighted by atomic mass is 9.84. The van der Waals surface area contributed by atoms with Gasteiger partial charge in [-0.25, -0.2) is 4.79 Å². The Hall–Kier alpha value is -3.66. The van der Waals surface area contributed by atoms with Crippen molar-refractivity contribution < 1.29 is 19.1 Å². The zero-order valence-corrected chi connectivity index (χ0v) is 16.2. The van der Waals surface area contributed by atoms with Crippen molar-refractivity contribution in [2.45, 2.75) is 5.41 Å². The van der Waals surface area contributed by atoms with Crippen molar-refractivity contribution in [3.8, 4) is 0 Å². The lowest BCUT2D eigenvalue weighted by Crippen LogP contribution is -2.27. The summed E-state index contributed by atoms with van der Waals surface area (Å²) in [5.74, 6) is -0.765. The summed E-state index contributed by atoms with van der Waals surface area (Å²) in [5.41, 5.74) is 3.73. The first-order chi connectivity index (χ1) is 14.1. The first kappa shape index (κ1) is 18.7. The summed E-state index contributed by atoms with van der Waals surface area (Å²) in [6.45, 7) is 0. The minimum atomic E-state index is -1.01. The number of hydrogen-bond donors (Lipinski definition) is 0. The molecule has 4 nitrogen and oxygen atoms in total. The maximum Gasteiger partial charge on any atom is 0.337 e. The van der Waals surface area contributed by atoms with Crippen LogP contribution in [-0.2, 0) is 19.7 Å². The van der Waals surface area contributed by atoms with E-state index in [0.29, 0.717) is 5.56 Å². The average molecular weight is 384 g/mol.